The standard InChI is InChI=1S/C51H49F3N6O12S2/c1-4-31(2)48(62)70-26-8-6-5-7-25-69-40-19-11-34(12-20-40)49(63)71-45-23-15-35(27-32(45)3)56-59-38-14-22-42(47(30-38)74(55,67)68)41-21-13-37(29-44(41)60-73(65)66)58-57-36-16-24-46(43(28-36)51(52,53)54)72-50(64)33-9-17-39(61)18-10-33/h9-24,27-31,60-61H,4-8,25-26H2,1-3H3,(H,65,66)(H2,55,67,68). The van der Waals surface area contributed by atoms with Gasteiger partial charge in [-0.15, -0.1) is 0 Å². The second kappa shape index (κ2) is 25.2. The van der Waals surface area contributed by atoms with Crippen LogP contribution < -0.4 is 24.1 Å². The van der Waals surface area contributed by atoms with Crippen LogP contribution in [0.25, 0.3) is 11.1 Å². The number of hydrogen-bond acceptors (Lipinski definition) is 15. The summed E-state index contributed by atoms with van der Waals surface area (Å²) in [4.78, 5) is 36.8. The molecule has 6 aromatic carbocycles. The molecule has 0 aromatic heterocycles. The van der Waals surface area contributed by atoms with E-state index < -0.39 is 55.6 Å². The van der Waals surface area contributed by atoms with E-state index in [1.165, 1.54) is 54.6 Å². The lowest BCUT2D eigenvalue weighted by Gasteiger charge is -2.14. The molecule has 0 aliphatic rings. The molecule has 0 radical (unpaired) electrons. The van der Waals surface area contributed by atoms with Gasteiger partial charge in [0.05, 0.1) is 63.6 Å². The molecule has 0 saturated carbocycles. The van der Waals surface area contributed by atoms with Gasteiger partial charge in [-0.2, -0.15) is 33.6 Å². The second-order valence-corrected chi connectivity index (χ2v) is 18.7. The molecule has 5 N–H and O–H groups in total. The summed E-state index contributed by atoms with van der Waals surface area (Å²) >= 11 is -2.72. The highest BCUT2D eigenvalue weighted by Gasteiger charge is 2.36. The van der Waals surface area contributed by atoms with Crippen LogP contribution in [0.3, 0.4) is 0 Å². The quantitative estimate of drug-likeness (QED) is 0.0163. The minimum atomic E-state index is -4.99. The zero-order valence-electron chi connectivity index (χ0n) is 39.9. The van der Waals surface area contributed by atoms with Crippen LogP contribution in [0, 0.1) is 12.8 Å². The number of primary sulfonamides is 1. The van der Waals surface area contributed by atoms with Crippen LogP contribution >= 0.6 is 0 Å². The number of nitrogens with zero attached hydrogens (tertiary/aromatic N) is 4. The van der Waals surface area contributed by atoms with Crippen LogP contribution in [-0.4, -0.2) is 53.4 Å². The van der Waals surface area contributed by atoms with Crippen LogP contribution in [0.5, 0.6) is 23.0 Å². The van der Waals surface area contributed by atoms with E-state index in [1.807, 2.05) is 13.8 Å². The molecule has 388 valence electrons. The number of halogens is 3. The Hall–Kier alpha value is -7.86. The highest BCUT2D eigenvalue weighted by Crippen LogP contribution is 2.41. The smallest absolute Gasteiger partial charge is 0.420 e. The van der Waals surface area contributed by atoms with Crippen molar-refractivity contribution in [2.45, 2.75) is 63.9 Å². The number of aryl methyl sites for hydroxylation is 1. The second-order valence-electron chi connectivity index (χ2n) is 16.4. The van der Waals surface area contributed by atoms with E-state index in [-0.39, 0.29) is 68.4 Å². The number of nitrogens with one attached hydrogen (secondary N) is 1. The minimum Gasteiger partial charge on any atom is -0.508 e. The number of benzene rings is 6. The topological polar surface area (TPSA) is 267 Å². The Morgan fingerprint density at radius 3 is 1.78 bits per heavy atom. The van der Waals surface area contributed by atoms with Crippen molar-refractivity contribution in [1.82, 2.24) is 0 Å². The molecule has 0 aliphatic carbocycles. The summed E-state index contributed by atoms with van der Waals surface area (Å²) in [5.74, 6) is -2.13. The summed E-state index contributed by atoms with van der Waals surface area (Å²) in [6.45, 7) is 6.37. The molecular weight excluding hydrogens is 1010 g/mol. The fraction of sp³-hybridized carbons (Fsp3) is 0.235. The third-order valence-electron chi connectivity index (χ3n) is 10.9. The molecule has 0 amide bonds. The monoisotopic (exact) mass is 1060 g/mol. The number of carbonyl (C=O) groups excluding carboxylic acids is 3. The number of carbonyl (C=O) groups is 3. The number of ether oxygens (including phenoxy) is 4. The predicted molar refractivity (Wildman–Crippen MR) is 267 cm³/mol. The number of aromatic hydroxyl groups is 1. The van der Waals surface area contributed by atoms with Crippen LogP contribution in [0.1, 0.15) is 77.8 Å². The van der Waals surface area contributed by atoms with E-state index in [9.17, 15) is 49.8 Å². The predicted octanol–water partition coefficient (Wildman–Crippen LogP) is 12.4. The Kier molecular flexibility index (Phi) is 18.9. The van der Waals surface area contributed by atoms with Crippen molar-refractivity contribution >= 4 is 67.6 Å². The SMILES string of the molecule is CCC(C)C(=O)OCCCCCCOc1ccc(C(=O)Oc2ccc(N=Nc3ccc(-c4ccc(N=Nc5ccc(OC(=O)c6ccc(O)cc6)c(C(F)(F)F)c5)cc4NS(=O)O)c(S(N)(=O)=O)c3)cc2C)cc1. The van der Waals surface area contributed by atoms with Gasteiger partial charge in [0.25, 0.3) is 11.3 Å². The minimum absolute atomic E-state index is 0.0411. The maximum atomic E-state index is 14.1. The maximum Gasteiger partial charge on any atom is 0.420 e. The van der Waals surface area contributed by atoms with Gasteiger partial charge in [0.1, 0.15) is 28.6 Å². The van der Waals surface area contributed by atoms with Crippen molar-refractivity contribution in [3.8, 4) is 34.1 Å². The lowest BCUT2D eigenvalue weighted by molar-refractivity contribution is -0.148. The number of anilines is 1. The number of azo groups is 2. The molecule has 0 saturated heterocycles. The van der Waals surface area contributed by atoms with E-state index >= 15 is 0 Å². The lowest BCUT2D eigenvalue weighted by atomic mass is 10.0. The summed E-state index contributed by atoms with van der Waals surface area (Å²) in [6.07, 6.45) is -0.843. The van der Waals surface area contributed by atoms with Gasteiger partial charge < -0.3 is 24.1 Å². The Morgan fingerprint density at radius 2 is 1.22 bits per heavy atom. The van der Waals surface area contributed by atoms with Crippen molar-refractivity contribution in [2.75, 3.05) is 17.9 Å². The van der Waals surface area contributed by atoms with E-state index in [0.717, 1.165) is 62.4 Å². The fourth-order valence-corrected chi connectivity index (χ4v) is 7.93. The molecule has 2 unspecified atom stereocenters. The maximum absolute atomic E-state index is 14.1. The number of esters is 3. The van der Waals surface area contributed by atoms with Crippen molar-refractivity contribution in [1.29, 1.82) is 0 Å². The zero-order chi connectivity index (χ0) is 53.6. The van der Waals surface area contributed by atoms with E-state index in [1.54, 1.807) is 37.3 Å². The van der Waals surface area contributed by atoms with Crippen LogP contribution in [0.15, 0.2) is 147 Å². The first-order valence-electron chi connectivity index (χ1n) is 22.7. The Balaban J connectivity index is 1.10. The molecule has 23 heteroatoms. The number of phenols is 1. The molecule has 0 heterocycles. The average molecular weight is 1060 g/mol. The van der Waals surface area contributed by atoms with Crippen molar-refractivity contribution in [2.24, 2.45) is 31.5 Å². The number of rotatable bonds is 22. The summed E-state index contributed by atoms with van der Waals surface area (Å²) in [5, 5.41) is 31.2. The van der Waals surface area contributed by atoms with Gasteiger partial charge in [-0.1, -0.05) is 26.0 Å². The van der Waals surface area contributed by atoms with Crippen LogP contribution in [0.4, 0.5) is 41.6 Å². The third-order valence-corrected chi connectivity index (χ3v) is 12.3. The zero-order valence-corrected chi connectivity index (χ0v) is 41.5. The number of hydrogen-bond donors (Lipinski definition) is 4. The van der Waals surface area contributed by atoms with E-state index in [4.69, 9.17) is 24.1 Å². The summed E-state index contributed by atoms with van der Waals surface area (Å²) < 4.78 is 114. The lowest BCUT2D eigenvalue weighted by Crippen LogP contribution is -2.14. The fourth-order valence-electron chi connectivity index (χ4n) is 6.80. The normalized spacial score (nSPS) is 12.6. The molecular formula is C51H49F3N6O12S2. The molecule has 2 atom stereocenters. The molecule has 0 fully saturated rings. The van der Waals surface area contributed by atoms with Crippen LogP contribution in [0.2, 0.25) is 0 Å². The van der Waals surface area contributed by atoms with Crippen molar-refractivity contribution < 1.29 is 68.8 Å². The summed E-state index contributed by atoms with van der Waals surface area (Å²) in [5.41, 5.74) is -0.805. The summed E-state index contributed by atoms with van der Waals surface area (Å²) in [6, 6.07) is 26.1. The number of alkyl halides is 3. The largest absolute Gasteiger partial charge is 0.508 e. The molecule has 6 aromatic rings. The molecule has 0 spiro atoms. The first-order chi connectivity index (χ1) is 35.2. The van der Waals surface area contributed by atoms with E-state index in [2.05, 4.69) is 25.2 Å². The Labute approximate surface area is 425 Å². The molecule has 0 bridgehead atoms. The van der Waals surface area contributed by atoms with Crippen molar-refractivity contribution in [3.63, 3.8) is 0 Å². The van der Waals surface area contributed by atoms with Gasteiger partial charge in [0, 0.05) is 11.1 Å². The number of unbranched alkanes of at least 4 members (excludes halogenated alkanes) is 3. The molecule has 0 aliphatic heterocycles. The molecule has 18 nitrogen and oxygen atoms in total. The Morgan fingerprint density at radius 1 is 0.703 bits per heavy atom. The Bertz CT molecular complexity index is 3190. The first-order valence-corrected chi connectivity index (χ1v) is 25.3. The average Bonchev–Trinajstić information content (AvgIpc) is 3.36. The van der Waals surface area contributed by atoms with Crippen molar-refractivity contribution in [3.05, 3.63) is 144 Å². The van der Waals surface area contributed by atoms with Gasteiger partial charge in [-0.05, 0) is 154 Å². The molecule has 6 rings (SSSR count). The van der Waals surface area contributed by atoms with Gasteiger partial charge >= 0.3 is 24.1 Å². The van der Waals surface area contributed by atoms with Crippen LogP contribution in [-0.2, 0) is 37.0 Å². The highest BCUT2D eigenvalue weighted by molar-refractivity contribution is 7.89. The number of nitrogens with two attached hydrogens (primary N) is 1. The number of sulfonamides is 1. The van der Waals surface area contributed by atoms with E-state index in [0.29, 0.717) is 36.3 Å². The number of phenolic OH excluding ortho intramolecular Hbond substituents is 1. The third kappa shape index (κ3) is 15.8. The highest BCUT2D eigenvalue weighted by atomic mass is 32.2. The summed E-state index contributed by atoms with van der Waals surface area (Å²) in [7, 11) is -4.51. The van der Waals surface area contributed by atoms with Gasteiger partial charge in [0.15, 0.2) is 0 Å². The first kappa shape index (κ1) is 55.5. The molecule has 74 heavy (non-hydrogen) atoms. The van der Waals surface area contributed by atoms with Gasteiger partial charge in [0.2, 0.25) is 10.0 Å². The van der Waals surface area contributed by atoms with Gasteiger partial charge in [-0.25, -0.2) is 27.4 Å². The van der Waals surface area contributed by atoms with Gasteiger partial charge in [-0.3, -0.25) is 14.1 Å².